The van der Waals surface area contributed by atoms with Gasteiger partial charge in [0, 0.05) is 0 Å². The quantitative estimate of drug-likeness (QED) is 0.662. The van der Waals surface area contributed by atoms with Gasteiger partial charge in [-0.1, -0.05) is 23.7 Å². The number of carbonyl (C=O) groups is 1. The van der Waals surface area contributed by atoms with Gasteiger partial charge < -0.3 is 15.8 Å². The number of nitrogens with two attached hydrogens (primary N) is 1. The number of rotatable bonds is 4. The van der Waals surface area contributed by atoms with Crippen LogP contribution in [-0.2, 0) is 4.74 Å². The Morgan fingerprint density at radius 1 is 1.33 bits per heavy atom. The van der Waals surface area contributed by atoms with E-state index in [4.69, 9.17) is 22.1 Å². The standard InChI is InChI=1S/C15H14ClFN2O2/c1-2-21-15(20)9-5-3-8-12(13(9)18)19-14-10(16)6-4-7-11(14)17/h3-8,19H,2,18H2,1H3. The van der Waals surface area contributed by atoms with Crippen LogP contribution in [0.2, 0.25) is 5.02 Å². The minimum Gasteiger partial charge on any atom is -0.462 e. The third-order valence-electron chi connectivity index (χ3n) is 2.82. The van der Waals surface area contributed by atoms with Crippen molar-refractivity contribution in [1.29, 1.82) is 0 Å². The Kier molecular flexibility index (Phi) is 4.65. The largest absolute Gasteiger partial charge is 0.462 e. The van der Waals surface area contributed by atoms with Crippen LogP contribution >= 0.6 is 11.6 Å². The molecule has 0 fully saturated rings. The molecule has 0 heterocycles. The highest BCUT2D eigenvalue weighted by Crippen LogP contribution is 2.32. The van der Waals surface area contributed by atoms with E-state index in [-0.39, 0.29) is 28.6 Å². The maximum Gasteiger partial charge on any atom is 0.340 e. The van der Waals surface area contributed by atoms with Crippen LogP contribution in [0.4, 0.5) is 21.5 Å². The molecule has 2 rings (SSSR count). The Morgan fingerprint density at radius 2 is 2.05 bits per heavy atom. The molecule has 4 nitrogen and oxygen atoms in total. The molecule has 110 valence electrons. The van der Waals surface area contributed by atoms with Gasteiger partial charge in [0.15, 0.2) is 0 Å². The van der Waals surface area contributed by atoms with Crippen LogP contribution in [0.1, 0.15) is 17.3 Å². The second-order valence-corrected chi connectivity index (χ2v) is 4.62. The third-order valence-corrected chi connectivity index (χ3v) is 3.14. The Bertz CT molecular complexity index is 656. The average Bonchev–Trinajstić information content (AvgIpc) is 2.45. The van der Waals surface area contributed by atoms with Gasteiger partial charge in [-0.25, -0.2) is 9.18 Å². The second-order valence-electron chi connectivity index (χ2n) is 4.21. The highest BCUT2D eigenvalue weighted by atomic mass is 35.5. The van der Waals surface area contributed by atoms with Gasteiger partial charge in [-0.05, 0) is 31.2 Å². The highest BCUT2D eigenvalue weighted by Gasteiger charge is 2.15. The number of halogens is 2. The third kappa shape index (κ3) is 3.25. The van der Waals surface area contributed by atoms with Crippen molar-refractivity contribution in [2.75, 3.05) is 17.7 Å². The lowest BCUT2D eigenvalue weighted by Gasteiger charge is -2.14. The summed E-state index contributed by atoms with van der Waals surface area (Å²) in [6.45, 7) is 1.95. The SMILES string of the molecule is CCOC(=O)c1cccc(Nc2c(F)cccc2Cl)c1N. The van der Waals surface area contributed by atoms with Gasteiger partial charge in [-0.15, -0.1) is 0 Å². The van der Waals surface area contributed by atoms with Crippen LogP contribution in [0.15, 0.2) is 36.4 Å². The summed E-state index contributed by atoms with van der Waals surface area (Å²) in [7, 11) is 0. The van der Waals surface area contributed by atoms with Crippen molar-refractivity contribution in [3.05, 3.63) is 52.8 Å². The lowest BCUT2D eigenvalue weighted by molar-refractivity contribution is 0.0527. The molecule has 0 aliphatic rings. The van der Waals surface area contributed by atoms with E-state index in [1.165, 1.54) is 12.1 Å². The van der Waals surface area contributed by atoms with E-state index in [0.29, 0.717) is 5.69 Å². The van der Waals surface area contributed by atoms with E-state index in [0.717, 1.165) is 0 Å². The molecule has 0 aliphatic heterocycles. The van der Waals surface area contributed by atoms with Crippen LogP contribution < -0.4 is 11.1 Å². The van der Waals surface area contributed by atoms with Gasteiger partial charge in [0.05, 0.1) is 34.3 Å². The van der Waals surface area contributed by atoms with Crippen molar-refractivity contribution in [3.63, 3.8) is 0 Å². The molecule has 2 aromatic carbocycles. The van der Waals surface area contributed by atoms with E-state index >= 15 is 0 Å². The zero-order chi connectivity index (χ0) is 15.4. The summed E-state index contributed by atoms with van der Waals surface area (Å²) in [4.78, 5) is 11.8. The van der Waals surface area contributed by atoms with E-state index in [1.54, 1.807) is 31.2 Å². The van der Waals surface area contributed by atoms with Gasteiger partial charge in [0.1, 0.15) is 5.82 Å². The summed E-state index contributed by atoms with van der Waals surface area (Å²) in [5.74, 6) is -1.04. The molecule has 0 radical (unpaired) electrons. The molecule has 0 saturated carbocycles. The number of benzene rings is 2. The first-order valence-electron chi connectivity index (χ1n) is 6.31. The van der Waals surface area contributed by atoms with Crippen LogP contribution in [0, 0.1) is 5.82 Å². The number of hydrogen-bond donors (Lipinski definition) is 2. The number of hydrogen-bond acceptors (Lipinski definition) is 4. The molecule has 0 spiro atoms. The normalized spacial score (nSPS) is 10.2. The minimum absolute atomic E-state index is 0.104. The Morgan fingerprint density at radius 3 is 2.71 bits per heavy atom. The molecular weight excluding hydrogens is 295 g/mol. The maximum absolute atomic E-state index is 13.8. The van der Waals surface area contributed by atoms with Crippen molar-refractivity contribution in [2.24, 2.45) is 0 Å². The summed E-state index contributed by atoms with van der Waals surface area (Å²) in [6.07, 6.45) is 0. The maximum atomic E-state index is 13.8. The number of anilines is 3. The van der Waals surface area contributed by atoms with Crippen LogP contribution in [-0.4, -0.2) is 12.6 Å². The fraction of sp³-hybridized carbons (Fsp3) is 0.133. The molecule has 0 bridgehead atoms. The van der Waals surface area contributed by atoms with Crippen LogP contribution in [0.25, 0.3) is 0 Å². The molecule has 0 aromatic heterocycles. The highest BCUT2D eigenvalue weighted by molar-refractivity contribution is 6.33. The van der Waals surface area contributed by atoms with E-state index in [9.17, 15) is 9.18 Å². The monoisotopic (exact) mass is 308 g/mol. The predicted molar refractivity (Wildman–Crippen MR) is 81.5 cm³/mol. The average molecular weight is 309 g/mol. The van der Waals surface area contributed by atoms with Crippen molar-refractivity contribution in [2.45, 2.75) is 6.92 Å². The molecule has 6 heteroatoms. The van der Waals surface area contributed by atoms with E-state index in [1.807, 2.05) is 0 Å². The molecule has 0 saturated heterocycles. The van der Waals surface area contributed by atoms with Crippen molar-refractivity contribution in [1.82, 2.24) is 0 Å². The summed E-state index contributed by atoms with van der Waals surface area (Å²) in [5, 5.41) is 3.02. The minimum atomic E-state index is -0.529. The van der Waals surface area contributed by atoms with Crippen LogP contribution in [0.5, 0.6) is 0 Å². The van der Waals surface area contributed by atoms with Gasteiger partial charge in [-0.3, -0.25) is 0 Å². The fourth-order valence-corrected chi connectivity index (χ4v) is 2.02. The van der Waals surface area contributed by atoms with E-state index < -0.39 is 11.8 Å². The number of nitrogens with one attached hydrogen (secondary N) is 1. The molecule has 0 amide bonds. The first kappa shape index (κ1) is 15.1. The summed E-state index contributed by atoms with van der Waals surface area (Å²) >= 11 is 5.95. The molecule has 21 heavy (non-hydrogen) atoms. The Labute approximate surface area is 126 Å². The first-order chi connectivity index (χ1) is 10.0. The van der Waals surface area contributed by atoms with Gasteiger partial charge >= 0.3 is 5.97 Å². The number of para-hydroxylation sites is 2. The zero-order valence-electron chi connectivity index (χ0n) is 11.3. The topological polar surface area (TPSA) is 64.3 Å². The Hall–Kier alpha value is -2.27. The lowest BCUT2D eigenvalue weighted by atomic mass is 10.1. The van der Waals surface area contributed by atoms with Crippen molar-refractivity contribution in [3.8, 4) is 0 Å². The molecular formula is C15H14ClFN2O2. The molecule has 0 unspecified atom stereocenters. The summed E-state index contributed by atoms with van der Waals surface area (Å²) < 4.78 is 18.7. The number of esters is 1. The Balaban J connectivity index is 2.37. The lowest BCUT2D eigenvalue weighted by Crippen LogP contribution is -2.09. The van der Waals surface area contributed by atoms with Crippen molar-refractivity contribution < 1.29 is 13.9 Å². The molecule has 0 aliphatic carbocycles. The smallest absolute Gasteiger partial charge is 0.340 e. The van der Waals surface area contributed by atoms with Gasteiger partial charge in [-0.2, -0.15) is 0 Å². The fourth-order valence-electron chi connectivity index (χ4n) is 1.81. The van der Waals surface area contributed by atoms with Crippen LogP contribution in [0.3, 0.4) is 0 Å². The molecule has 3 N–H and O–H groups in total. The van der Waals surface area contributed by atoms with Crippen molar-refractivity contribution >= 4 is 34.6 Å². The first-order valence-corrected chi connectivity index (χ1v) is 6.69. The summed E-state index contributed by atoms with van der Waals surface area (Å²) in [5.41, 5.74) is 6.81. The number of nitrogen functional groups attached to an aromatic ring is 1. The predicted octanol–water partition coefficient (Wildman–Crippen LogP) is 3.98. The van der Waals surface area contributed by atoms with Gasteiger partial charge in [0.25, 0.3) is 0 Å². The zero-order valence-corrected chi connectivity index (χ0v) is 12.1. The van der Waals surface area contributed by atoms with E-state index in [2.05, 4.69) is 5.32 Å². The second kappa shape index (κ2) is 6.45. The number of ether oxygens (including phenoxy) is 1. The molecule has 2 aromatic rings. The summed E-state index contributed by atoms with van der Waals surface area (Å²) in [6, 6.07) is 9.13. The van der Waals surface area contributed by atoms with Gasteiger partial charge in [0.2, 0.25) is 0 Å². The molecule has 0 atom stereocenters. The number of carbonyl (C=O) groups excluding carboxylic acids is 1.